The van der Waals surface area contributed by atoms with E-state index in [0.717, 1.165) is 13.0 Å². The summed E-state index contributed by atoms with van der Waals surface area (Å²) in [6.45, 7) is 5.25. The SMILES string of the molecule is CCC(CC)(OC(=O)C1C2C=CCN1NCC2)C(Cl)(Cl)Cl. The molecule has 4 nitrogen and oxygen atoms in total. The minimum atomic E-state index is -1.64. The van der Waals surface area contributed by atoms with E-state index in [9.17, 15) is 4.79 Å². The van der Waals surface area contributed by atoms with Crippen LogP contribution in [0.1, 0.15) is 33.1 Å². The molecule has 1 fully saturated rings. The Morgan fingerprint density at radius 2 is 2.05 bits per heavy atom. The summed E-state index contributed by atoms with van der Waals surface area (Å²) in [6, 6.07) is -0.353. The predicted octanol–water partition coefficient (Wildman–Crippen LogP) is 3.22. The van der Waals surface area contributed by atoms with Gasteiger partial charge >= 0.3 is 5.97 Å². The first kappa shape index (κ1) is 17.4. The monoisotopic (exact) mass is 354 g/mol. The average Bonchev–Trinajstić information content (AvgIpc) is 2.42. The van der Waals surface area contributed by atoms with Crippen molar-refractivity contribution in [1.82, 2.24) is 10.4 Å². The number of hydrogen-bond acceptors (Lipinski definition) is 4. The maximum Gasteiger partial charge on any atom is 0.326 e. The molecule has 0 aromatic rings. The summed E-state index contributed by atoms with van der Waals surface area (Å²) in [6.07, 6.45) is 5.94. The van der Waals surface area contributed by atoms with Crippen molar-refractivity contribution in [2.45, 2.75) is 48.5 Å². The van der Waals surface area contributed by atoms with Crippen molar-refractivity contribution in [2.75, 3.05) is 13.1 Å². The molecule has 3 atom stereocenters. The lowest BCUT2D eigenvalue weighted by atomic mass is 9.90. The summed E-state index contributed by atoms with van der Waals surface area (Å²) in [5, 5.41) is 1.91. The van der Waals surface area contributed by atoms with E-state index in [1.807, 2.05) is 18.9 Å². The molecule has 120 valence electrons. The Balaban J connectivity index is 2.18. The van der Waals surface area contributed by atoms with Crippen LogP contribution in [0.2, 0.25) is 0 Å². The first-order valence-corrected chi connectivity index (χ1v) is 8.44. The number of rotatable bonds is 4. The zero-order chi connectivity index (χ0) is 15.7. The Hall–Kier alpha value is -0.000000000000000111. The fraction of sp³-hybridized carbons (Fsp3) is 0.786. The zero-order valence-electron chi connectivity index (χ0n) is 12.2. The van der Waals surface area contributed by atoms with Crippen molar-refractivity contribution >= 4 is 40.8 Å². The van der Waals surface area contributed by atoms with Gasteiger partial charge in [0.15, 0.2) is 5.60 Å². The highest BCUT2D eigenvalue weighted by atomic mass is 35.6. The molecule has 2 rings (SSSR count). The number of alkyl halides is 3. The number of nitrogens with zero attached hydrogens (tertiary/aromatic N) is 1. The van der Waals surface area contributed by atoms with Gasteiger partial charge in [0.2, 0.25) is 3.79 Å². The number of hydrazine groups is 1. The van der Waals surface area contributed by atoms with Crippen LogP contribution in [0, 0.1) is 5.92 Å². The number of carbonyl (C=O) groups excluding carboxylic acids is 1. The first-order chi connectivity index (χ1) is 9.84. The van der Waals surface area contributed by atoms with E-state index < -0.39 is 9.39 Å². The second-order valence-corrected chi connectivity index (χ2v) is 7.79. The number of ether oxygens (including phenoxy) is 1. The fourth-order valence-electron chi connectivity index (χ4n) is 3.00. The minimum absolute atomic E-state index is 0.147. The second-order valence-electron chi connectivity index (χ2n) is 5.51. The van der Waals surface area contributed by atoms with Gasteiger partial charge in [0.1, 0.15) is 6.04 Å². The average molecular weight is 356 g/mol. The number of halogens is 3. The second kappa shape index (κ2) is 6.63. The largest absolute Gasteiger partial charge is 0.453 e. The van der Waals surface area contributed by atoms with Gasteiger partial charge in [-0.25, -0.2) is 5.01 Å². The van der Waals surface area contributed by atoms with Crippen molar-refractivity contribution in [1.29, 1.82) is 0 Å². The topological polar surface area (TPSA) is 41.6 Å². The smallest absolute Gasteiger partial charge is 0.326 e. The van der Waals surface area contributed by atoms with E-state index in [1.54, 1.807) is 0 Å². The lowest BCUT2D eigenvalue weighted by Gasteiger charge is -2.44. The molecule has 1 N–H and O–H groups in total. The zero-order valence-corrected chi connectivity index (χ0v) is 14.5. The van der Waals surface area contributed by atoms with Crippen LogP contribution >= 0.6 is 34.8 Å². The van der Waals surface area contributed by atoms with Gasteiger partial charge < -0.3 is 4.74 Å². The van der Waals surface area contributed by atoms with Crippen LogP contribution in [0.5, 0.6) is 0 Å². The first-order valence-electron chi connectivity index (χ1n) is 7.31. The third kappa shape index (κ3) is 3.35. The standard InChI is InChI=1S/C14H21Cl3N2O2/c1-3-13(4-2,14(15,16)17)21-12(20)11-10-6-5-9-19(11)18-8-7-10/h5-6,10-11,18H,3-4,7-9H2,1-2H3. The van der Waals surface area contributed by atoms with Crippen LogP contribution in [-0.4, -0.2) is 39.5 Å². The molecular formula is C14H21Cl3N2O2. The van der Waals surface area contributed by atoms with Gasteiger partial charge in [-0.15, -0.1) is 0 Å². The number of nitrogens with one attached hydrogen (secondary N) is 1. The van der Waals surface area contributed by atoms with Crippen molar-refractivity contribution < 1.29 is 9.53 Å². The van der Waals surface area contributed by atoms with Gasteiger partial charge in [-0.05, 0) is 19.3 Å². The Morgan fingerprint density at radius 1 is 1.38 bits per heavy atom. The van der Waals surface area contributed by atoms with E-state index in [0.29, 0.717) is 19.4 Å². The van der Waals surface area contributed by atoms with Gasteiger partial charge in [-0.2, -0.15) is 0 Å². The van der Waals surface area contributed by atoms with E-state index in [2.05, 4.69) is 17.6 Å². The fourth-order valence-corrected chi connectivity index (χ4v) is 3.92. The van der Waals surface area contributed by atoms with Gasteiger partial charge in [0.05, 0.1) is 0 Å². The summed E-state index contributed by atoms with van der Waals surface area (Å²) in [7, 11) is 0. The van der Waals surface area contributed by atoms with Crippen LogP contribution in [0.15, 0.2) is 12.2 Å². The third-order valence-corrected chi connectivity index (χ3v) is 5.45. The van der Waals surface area contributed by atoms with E-state index in [-0.39, 0.29) is 17.9 Å². The molecule has 3 unspecified atom stereocenters. The third-order valence-electron chi connectivity index (χ3n) is 4.42. The highest BCUT2D eigenvalue weighted by Gasteiger charge is 2.51. The molecule has 21 heavy (non-hydrogen) atoms. The van der Waals surface area contributed by atoms with E-state index in [1.165, 1.54) is 0 Å². The van der Waals surface area contributed by atoms with E-state index >= 15 is 0 Å². The van der Waals surface area contributed by atoms with Gasteiger partial charge in [-0.3, -0.25) is 10.2 Å². The highest BCUT2D eigenvalue weighted by Crippen LogP contribution is 2.45. The number of esters is 1. The molecular weight excluding hydrogens is 335 g/mol. The van der Waals surface area contributed by atoms with Crippen LogP contribution in [0.25, 0.3) is 0 Å². The highest BCUT2D eigenvalue weighted by molar-refractivity contribution is 6.68. The Bertz CT molecular complexity index is 419. The molecule has 0 spiro atoms. The van der Waals surface area contributed by atoms with Crippen molar-refractivity contribution in [2.24, 2.45) is 5.92 Å². The van der Waals surface area contributed by atoms with Gasteiger partial charge in [-0.1, -0.05) is 60.8 Å². The molecule has 2 heterocycles. The maximum atomic E-state index is 12.7. The molecule has 0 saturated carbocycles. The number of hydrogen-bond donors (Lipinski definition) is 1. The van der Waals surface area contributed by atoms with Crippen LogP contribution in [0.3, 0.4) is 0 Å². The molecule has 0 amide bonds. The molecule has 2 aliphatic heterocycles. The van der Waals surface area contributed by atoms with Crippen molar-refractivity contribution in [3.8, 4) is 0 Å². The summed E-state index contributed by atoms with van der Waals surface area (Å²) in [5.74, 6) is -0.180. The predicted molar refractivity (Wildman–Crippen MR) is 85.4 cm³/mol. The molecule has 1 saturated heterocycles. The van der Waals surface area contributed by atoms with Crippen LogP contribution in [-0.2, 0) is 9.53 Å². The van der Waals surface area contributed by atoms with Gasteiger partial charge in [0.25, 0.3) is 0 Å². The maximum absolute atomic E-state index is 12.7. The summed E-state index contributed by atoms with van der Waals surface area (Å²) in [4.78, 5) is 12.7. The molecule has 0 aromatic heterocycles. The van der Waals surface area contributed by atoms with Crippen LogP contribution in [0.4, 0.5) is 0 Å². The Kier molecular flexibility index (Phi) is 5.48. The Labute approximate surface area is 140 Å². The minimum Gasteiger partial charge on any atom is -0.453 e. The van der Waals surface area contributed by atoms with E-state index in [4.69, 9.17) is 39.5 Å². The normalized spacial score (nSPS) is 29.3. The molecule has 0 radical (unpaired) electrons. The molecule has 0 aliphatic carbocycles. The van der Waals surface area contributed by atoms with Gasteiger partial charge in [0, 0.05) is 19.0 Å². The molecule has 2 aliphatic rings. The number of carbonyl (C=O) groups is 1. The lowest BCUT2D eigenvalue weighted by Crippen LogP contribution is -2.61. The molecule has 2 bridgehead atoms. The quantitative estimate of drug-likeness (QED) is 0.477. The summed E-state index contributed by atoms with van der Waals surface area (Å²) < 4.78 is 4.08. The van der Waals surface area contributed by atoms with Crippen molar-refractivity contribution in [3.05, 3.63) is 12.2 Å². The lowest BCUT2D eigenvalue weighted by molar-refractivity contribution is -0.172. The van der Waals surface area contributed by atoms with Crippen LogP contribution < -0.4 is 5.43 Å². The summed E-state index contributed by atoms with van der Waals surface area (Å²) in [5.41, 5.74) is 2.13. The summed E-state index contributed by atoms with van der Waals surface area (Å²) >= 11 is 18.2. The molecule has 7 heteroatoms. The molecule has 0 aromatic carbocycles. The Morgan fingerprint density at radius 3 is 2.57 bits per heavy atom. The van der Waals surface area contributed by atoms with Crippen molar-refractivity contribution in [3.63, 3.8) is 0 Å². The number of fused-ring (bicyclic) bond motifs is 2.